The molecule has 5 heteroatoms. The number of esters is 1. The maximum absolute atomic E-state index is 12.5. The second kappa shape index (κ2) is 7.40. The molecule has 3 rings (SSSR count). The minimum absolute atomic E-state index is 0.124. The lowest BCUT2D eigenvalue weighted by Crippen LogP contribution is -2.32. The van der Waals surface area contributed by atoms with Crippen LogP contribution in [0.1, 0.15) is 41.6 Å². The van der Waals surface area contributed by atoms with Crippen LogP contribution in [0.3, 0.4) is 0 Å². The van der Waals surface area contributed by atoms with Gasteiger partial charge in [0.25, 0.3) is 5.91 Å². The van der Waals surface area contributed by atoms with Crippen LogP contribution in [0.5, 0.6) is 0 Å². The van der Waals surface area contributed by atoms with Gasteiger partial charge in [0.2, 0.25) is 0 Å². The van der Waals surface area contributed by atoms with E-state index in [0.717, 1.165) is 12.8 Å². The smallest absolute Gasteiger partial charge is 0.310 e. The van der Waals surface area contributed by atoms with Crippen molar-refractivity contribution in [2.24, 2.45) is 5.92 Å². The van der Waals surface area contributed by atoms with Crippen molar-refractivity contribution in [3.05, 3.63) is 46.3 Å². The molecule has 0 radical (unpaired) electrons. The van der Waals surface area contributed by atoms with Gasteiger partial charge in [-0.3, -0.25) is 9.59 Å². The van der Waals surface area contributed by atoms with Crippen molar-refractivity contribution >= 4 is 23.2 Å². The lowest BCUT2D eigenvalue weighted by atomic mass is 9.91. The van der Waals surface area contributed by atoms with Gasteiger partial charge in [0.15, 0.2) is 0 Å². The first-order valence-corrected chi connectivity index (χ1v) is 9.47. The first kappa shape index (κ1) is 17.7. The first-order valence-electron chi connectivity index (χ1n) is 8.65. The molecule has 0 unspecified atom stereocenters. The van der Waals surface area contributed by atoms with Crippen LogP contribution in [0.4, 0.5) is 0 Å². The number of aryl methyl sites for hydroxylation is 2. The van der Waals surface area contributed by atoms with Crippen LogP contribution in [0, 0.1) is 5.92 Å². The van der Waals surface area contributed by atoms with E-state index in [0.29, 0.717) is 4.88 Å². The van der Waals surface area contributed by atoms with E-state index in [9.17, 15) is 9.59 Å². The zero-order valence-electron chi connectivity index (χ0n) is 14.8. The Morgan fingerprint density at radius 2 is 1.88 bits per heavy atom. The van der Waals surface area contributed by atoms with Gasteiger partial charge < -0.3 is 10.1 Å². The predicted octanol–water partition coefficient (Wildman–Crippen LogP) is 3.83. The molecule has 1 aliphatic rings. The van der Waals surface area contributed by atoms with E-state index in [1.807, 2.05) is 26.0 Å². The molecule has 25 heavy (non-hydrogen) atoms. The van der Waals surface area contributed by atoms with Crippen LogP contribution in [-0.4, -0.2) is 24.5 Å². The van der Waals surface area contributed by atoms with Crippen molar-refractivity contribution in [2.75, 3.05) is 6.54 Å². The van der Waals surface area contributed by atoms with E-state index in [-0.39, 0.29) is 30.4 Å². The summed E-state index contributed by atoms with van der Waals surface area (Å²) >= 11 is 1.53. The maximum atomic E-state index is 12.5. The van der Waals surface area contributed by atoms with Gasteiger partial charge in [-0.1, -0.05) is 31.2 Å². The number of hydrogen-bond acceptors (Lipinski definition) is 4. The highest BCUT2D eigenvalue weighted by molar-refractivity contribution is 7.17. The van der Waals surface area contributed by atoms with Gasteiger partial charge in [-0.05, 0) is 49.4 Å². The SMILES string of the molecule is CC(C)OC(=O)[C@@H](C)CNC(=O)c1cc2c(s1)-c1ccccc1CC2. The largest absolute Gasteiger partial charge is 0.463 e. The van der Waals surface area contributed by atoms with E-state index in [4.69, 9.17) is 4.74 Å². The summed E-state index contributed by atoms with van der Waals surface area (Å²) in [4.78, 5) is 26.2. The highest BCUT2D eigenvalue weighted by atomic mass is 32.1. The second-order valence-corrected chi connectivity index (χ2v) is 7.77. The Morgan fingerprint density at radius 1 is 1.16 bits per heavy atom. The van der Waals surface area contributed by atoms with Gasteiger partial charge >= 0.3 is 5.97 Å². The van der Waals surface area contributed by atoms with Crippen LogP contribution < -0.4 is 5.32 Å². The third-order valence-corrected chi connectivity index (χ3v) is 5.49. The van der Waals surface area contributed by atoms with E-state index in [2.05, 4.69) is 23.5 Å². The maximum Gasteiger partial charge on any atom is 0.310 e. The summed E-state index contributed by atoms with van der Waals surface area (Å²) < 4.78 is 5.17. The molecule has 4 nitrogen and oxygen atoms in total. The summed E-state index contributed by atoms with van der Waals surface area (Å²) in [5, 5.41) is 2.86. The molecular weight excluding hydrogens is 334 g/mol. The predicted molar refractivity (Wildman–Crippen MR) is 99.9 cm³/mol. The van der Waals surface area contributed by atoms with Crippen LogP contribution in [0.15, 0.2) is 30.3 Å². The Morgan fingerprint density at radius 3 is 2.64 bits per heavy atom. The van der Waals surface area contributed by atoms with Crippen molar-refractivity contribution in [1.82, 2.24) is 5.32 Å². The minimum atomic E-state index is -0.360. The minimum Gasteiger partial charge on any atom is -0.463 e. The zero-order chi connectivity index (χ0) is 18.0. The number of carbonyl (C=O) groups is 2. The molecule has 1 aromatic carbocycles. The van der Waals surface area contributed by atoms with Gasteiger partial charge in [0.05, 0.1) is 16.9 Å². The summed E-state index contributed by atoms with van der Waals surface area (Å²) in [7, 11) is 0. The number of ether oxygens (including phenoxy) is 1. The fourth-order valence-electron chi connectivity index (χ4n) is 2.95. The summed E-state index contributed by atoms with van der Waals surface area (Å²) in [5.41, 5.74) is 3.82. The topological polar surface area (TPSA) is 55.4 Å². The lowest BCUT2D eigenvalue weighted by Gasteiger charge is -2.15. The summed E-state index contributed by atoms with van der Waals surface area (Å²) in [6, 6.07) is 10.4. The molecule has 1 aliphatic carbocycles. The van der Waals surface area contributed by atoms with E-state index < -0.39 is 0 Å². The van der Waals surface area contributed by atoms with Gasteiger partial charge in [0, 0.05) is 11.4 Å². The monoisotopic (exact) mass is 357 g/mol. The fraction of sp³-hybridized carbons (Fsp3) is 0.400. The molecule has 1 heterocycles. The molecule has 1 aromatic heterocycles. The van der Waals surface area contributed by atoms with Crippen molar-refractivity contribution in [3.8, 4) is 10.4 Å². The highest BCUT2D eigenvalue weighted by Gasteiger charge is 2.22. The van der Waals surface area contributed by atoms with E-state index in [1.165, 1.54) is 32.9 Å². The van der Waals surface area contributed by atoms with E-state index in [1.54, 1.807) is 6.92 Å². The van der Waals surface area contributed by atoms with Crippen molar-refractivity contribution in [2.45, 2.75) is 39.7 Å². The molecular formula is C20H23NO3S. The summed E-state index contributed by atoms with van der Waals surface area (Å²) in [6.07, 6.45) is 1.83. The lowest BCUT2D eigenvalue weighted by molar-refractivity contribution is -0.151. The third-order valence-electron chi connectivity index (χ3n) is 4.28. The quantitative estimate of drug-likeness (QED) is 0.828. The molecule has 0 aliphatic heterocycles. The number of carbonyl (C=O) groups excluding carboxylic acids is 2. The molecule has 0 spiro atoms. The number of benzene rings is 1. The Balaban J connectivity index is 1.67. The van der Waals surface area contributed by atoms with Gasteiger partial charge in [-0.2, -0.15) is 0 Å². The average molecular weight is 357 g/mol. The standard InChI is InChI=1S/C20H23NO3S/c1-12(2)24-20(23)13(3)11-21-19(22)17-10-15-9-8-14-6-4-5-7-16(14)18(15)25-17/h4-7,10,12-13H,8-9,11H2,1-3H3,(H,21,22)/t13-/m0/s1. The summed E-state index contributed by atoms with van der Waals surface area (Å²) in [5.74, 6) is -0.766. The fourth-order valence-corrected chi connectivity index (χ4v) is 4.14. The molecule has 1 atom stereocenters. The van der Waals surface area contributed by atoms with Crippen molar-refractivity contribution in [3.63, 3.8) is 0 Å². The molecule has 1 N–H and O–H groups in total. The first-order chi connectivity index (χ1) is 12.0. The van der Waals surface area contributed by atoms with Crippen molar-refractivity contribution in [1.29, 1.82) is 0 Å². The van der Waals surface area contributed by atoms with Crippen molar-refractivity contribution < 1.29 is 14.3 Å². The number of nitrogens with one attached hydrogen (secondary N) is 1. The van der Waals surface area contributed by atoms with Gasteiger partial charge in [0.1, 0.15) is 0 Å². The Labute approximate surface area is 152 Å². The Kier molecular flexibility index (Phi) is 5.23. The normalized spacial score (nSPS) is 13.8. The Hall–Kier alpha value is -2.14. The third kappa shape index (κ3) is 3.93. The molecule has 132 valence electrons. The molecule has 2 aromatic rings. The second-order valence-electron chi connectivity index (χ2n) is 6.72. The number of rotatable bonds is 5. The van der Waals surface area contributed by atoms with Gasteiger partial charge in [-0.25, -0.2) is 0 Å². The molecule has 0 saturated carbocycles. The van der Waals surface area contributed by atoms with Gasteiger partial charge in [-0.15, -0.1) is 11.3 Å². The number of amides is 1. The number of hydrogen-bond donors (Lipinski definition) is 1. The summed E-state index contributed by atoms with van der Waals surface area (Å²) in [6.45, 7) is 5.68. The van der Waals surface area contributed by atoms with Crippen LogP contribution in [0.25, 0.3) is 10.4 Å². The molecule has 0 saturated heterocycles. The molecule has 0 fully saturated rings. The van der Waals surface area contributed by atoms with Crippen LogP contribution in [0.2, 0.25) is 0 Å². The molecule has 1 amide bonds. The zero-order valence-corrected chi connectivity index (χ0v) is 15.6. The Bertz CT molecular complexity index is 794. The molecule has 0 bridgehead atoms. The van der Waals surface area contributed by atoms with E-state index >= 15 is 0 Å². The number of thiophene rings is 1. The van der Waals surface area contributed by atoms with Crippen LogP contribution >= 0.6 is 11.3 Å². The van der Waals surface area contributed by atoms with Crippen LogP contribution in [-0.2, 0) is 22.4 Å². The highest BCUT2D eigenvalue weighted by Crippen LogP contribution is 2.39. The number of fused-ring (bicyclic) bond motifs is 3. The average Bonchev–Trinajstić information content (AvgIpc) is 3.03.